The molecule has 19 rings (SSSR count). The van der Waals surface area contributed by atoms with Gasteiger partial charge in [-0.1, -0.05) is 206 Å². The summed E-state index contributed by atoms with van der Waals surface area (Å²) >= 11 is 0. The molecule has 0 radical (unpaired) electrons. The van der Waals surface area contributed by atoms with Crippen molar-refractivity contribution in [3.63, 3.8) is 0 Å². The molecule has 111 heavy (non-hydrogen) atoms. The summed E-state index contributed by atoms with van der Waals surface area (Å²) in [5, 5.41) is 2.05. The predicted molar refractivity (Wildman–Crippen MR) is 455 cm³/mol. The topological polar surface area (TPSA) is 147 Å². The number of aromatic nitrogens is 9. The molecule has 0 saturated heterocycles. The molecule has 0 amide bonds. The number of nitrogens with zero attached hydrogens (tertiary/aromatic N) is 5. The first-order chi connectivity index (χ1) is 55.0. The van der Waals surface area contributed by atoms with Crippen LogP contribution in [0.25, 0.3) is 181 Å². The number of methoxy groups -OCH3 is 1. The van der Waals surface area contributed by atoms with Crippen molar-refractivity contribution in [2.24, 2.45) is 0 Å². The van der Waals surface area contributed by atoms with Crippen molar-refractivity contribution in [2.45, 2.75) is 6.54 Å². The molecule has 7 aromatic heterocycles. The van der Waals surface area contributed by atoms with E-state index in [1.54, 1.807) is 7.11 Å². The minimum atomic E-state index is 0.454. The van der Waals surface area contributed by atoms with Gasteiger partial charge in [-0.2, -0.15) is 0 Å². The van der Waals surface area contributed by atoms with Crippen LogP contribution in [0.15, 0.2) is 267 Å². The van der Waals surface area contributed by atoms with Gasteiger partial charge >= 0.3 is 0 Å². The number of hydrogen-bond acceptors (Lipinski definition) is 7. The predicted octanol–water partition coefficient (Wildman–Crippen LogP) is 22.2. The molecule has 0 fully saturated rings. The number of H-pyrrole nitrogens is 4. The average molecular weight is 1430 g/mol. The lowest BCUT2D eigenvalue weighted by Gasteiger charge is -2.09. The maximum Gasteiger partial charge on any atom is 0.0815 e. The second-order valence-electron chi connectivity index (χ2n) is 27.5. The van der Waals surface area contributed by atoms with Gasteiger partial charge < -0.3 is 38.7 Å². The van der Waals surface area contributed by atoms with Gasteiger partial charge in [0.25, 0.3) is 0 Å². The molecule has 16 bridgehead atoms. The summed E-state index contributed by atoms with van der Waals surface area (Å²) in [7, 11) is 1.68. The monoisotopic (exact) mass is 1430 g/mol. The number of hydrogen-bond donors (Lipinski definition) is 4. The highest BCUT2D eigenvalue weighted by molar-refractivity contribution is 6.09. The Labute approximate surface area is 641 Å². The molecule has 530 valence electrons. The molecule has 8 aromatic carbocycles. The Balaban J connectivity index is 0.789. The van der Waals surface area contributed by atoms with Crippen molar-refractivity contribution in [3.8, 4) is 90.4 Å². The molecule has 4 aliphatic heterocycles. The first-order valence-corrected chi connectivity index (χ1v) is 37.4. The van der Waals surface area contributed by atoms with Crippen LogP contribution in [-0.2, 0) is 20.8 Å². The van der Waals surface area contributed by atoms with E-state index in [2.05, 4.69) is 327 Å². The van der Waals surface area contributed by atoms with E-state index in [1.165, 1.54) is 0 Å². The first-order valence-electron chi connectivity index (χ1n) is 37.4. The van der Waals surface area contributed by atoms with Gasteiger partial charge in [0.05, 0.1) is 101 Å². The van der Waals surface area contributed by atoms with Crippen molar-refractivity contribution in [1.29, 1.82) is 0 Å². The van der Waals surface area contributed by atoms with E-state index in [0.717, 1.165) is 201 Å². The van der Waals surface area contributed by atoms with Crippen molar-refractivity contribution in [3.05, 3.63) is 335 Å². The Bertz CT molecular complexity index is 6320. The van der Waals surface area contributed by atoms with Gasteiger partial charge in [0.15, 0.2) is 0 Å². The number of benzene rings is 8. The van der Waals surface area contributed by atoms with Gasteiger partial charge in [-0.05, 0) is 167 Å². The highest BCUT2D eigenvalue weighted by Crippen LogP contribution is 2.41. The van der Waals surface area contributed by atoms with E-state index in [9.17, 15) is 0 Å². The third-order valence-corrected chi connectivity index (χ3v) is 20.7. The summed E-state index contributed by atoms with van der Waals surface area (Å²) < 4.78 is 19.6. The van der Waals surface area contributed by atoms with Gasteiger partial charge in [0.2, 0.25) is 0 Å². The van der Waals surface area contributed by atoms with Crippen molar-refractivity contribution in [1.82, 2.24) is 44.4 Å². The fraction of sp³-hybridized carbons (Fsp3) is 0.0707. The number of aromatic amines is 4. The molecular weight excluding hydrogens is 1360 g/mol. The minimum Gasteiger partial charge on any atom is -0.382 e. The smallest absolute Gasteiger partial charge is 0.0815 e. The van der Waals surface area contributed by atoms with E-state index in [0.29, 0.717) is 39.6 Å². The van der Waals surface area contributed by atoms with Gasteiger partial charge in [-0.3, -0.25) is 0 Å². The number of fused-ring (bicyclic) bond motifs is 19. The summed E-state index contributed by atoms with van der Waals surface area (Å²) in [5.74, 6) is 14.8. The molecule has 12 heteroatoms. The molecular formula is C99H71N9O3. The molecule has 0 atom stereocenters. The summed E-state index contributed by atoms with van der Waals surface area (Å²) in [4.78, 5) is 37.6. The van der Waals surface area contributed by atoms with Crippen LogP contribution in [0.5, 0.6) is 0 Å². The molecule has 0 saturated carbocycles. The fourth-order valence-corrected chi connectivity index (χ4v) is 15.5. The lowest BCUT2D eigenvalue weighted by molar-refractivity contribution is 0.0234. The Morgan fingerprint density at radius 1 is 0.270 bits per heavy atom. The number of rotatable bonds is 15. The second-order valence-corrected chi connectivity index (χ2v) is 27.5. The van der Waals surface area contributed by atoms with Crippen LogP contribution in [0.2, 0.25) is 0 Å². The first kappa shape index (κ1) is 67.4. The maximum atomic E-state index is 6.26. The zero-order chi connectivity index (χ0) is 74.0. The largest absolute Gasteiger partial charge is 0.382 e. The van der Waals surface area contributed by atoms with Crippen molar-refractivity contribution < 1.29 is 14.2 Å². The fourth-order valence-electron chi connectivity index (χ4n) is 15.5. The maximum absolute atomic E-state index is 6.26. The summed E-state index contributed by atoms with van der Waals surface area (Å²) in [6, 6.07) is 93.0. The summed E-state index contributed by atoms with van der Waals surface area (Å²) in [6.07, 6.45) is 16.9. The molecule has 0 unspecified atom stereocenters. The SMILES string of the molecule is COCCOCCOCCn1c2ccc(C#Cc3c4nc(c(-c5ccccc5)c5ccc([nH]5)c(-c5ccccc5)c5nc(c(-c6ccccc6)c6ccc3[nH]6)C=C5)C=C4)cc2c2cc(C#Cc3c4nc(c(-c5ccccc5)c5ccc([nH]5)c(-c5ccccc5)c5nc(c(-c6ccccc6)c6ccc3[nH]6)C=C5)C=C4)ccc21. The van der Waals surface area contributed by atoms with Crippen LogP contribution in [0, 0.1) is 23.7 Å². The zero-order valence-electron chi connectivity index (χ0n) is 60.7. The zero-order valence-corrected chi connectivity index (χ0v) is 60.7. The van der Waals surface area contributed by atoms with Gasteiger partial charge in [0, 0.05) is 113 Å². The highest BCUT2D eigenvalue weighted by atomic mass is 16.5. The molecule has 12 nitrogen and oxygen atoms in total. The standard InChI is InChI=1S/C99H71N9O3/c1-109-58-59-111-61-60-110-57-56-108-92-54-34-64(32-36-72-76-38-42-80(100-76)94(66-20-8-2-9-21-66)84-46-50-88(104-84)98(70-28-16-6-17-29-70)89-51-47-85(105-89)95(67-22-10-3-11-23-67)81-43-39-77(72)101-81)62-74(92)75-63-65(35-55-93(75)108)33-37-73-78-40-44-82(102-78)96(68-24-12-4-13-25-68)86-48-52-90(106-86)99(71-30-18-7-19-31-71)91-53-49-87(107-91)97(69-26-14-5-15-27-69)83-45-41-79(73)103-83/h2-31,34-35,38-55,62-63,100,102,105,107H,56-61H2,1H3. The Morgan fingerprint density at radius 3 is 0.838 bits per heavy atom. The van der Waals surface area contributed by atoms with Crippen LogP contribution < -0.4 is 0 Å². The van der Waals surface area contributed by atoms with Gasteiger partial charge in [0.1, 0.15) is 0 Å². The third kappa shape index (κ3) is 13.3. The van der Waals surface area contributed by atoms with Gasteiger partial charge in [-0.15, -0.1) is 0 Å². The molecule has 0 spiro atoms. The molecule has 0 aliphatic carbocycles. The minimum absolute atomic E-state index is 0.454. The lowest BCUT2D eigenvalue weighted by Crippen LogP contribution is -2.11. The second kappa shape index (κ2) is 29.8. The van der Waals surface area contributed by atoms with Crippen LogP contribution >= 0.6 is 0 Å². The van der Waals surface area contributed by atoms with Crippen LogP contribution in [-0.4, -0.2) is 84.6 Å². The van der Waals surface area contributed by atoms with E-state index < -0.39 is 0 Å². The van der Waals surface area contributed by atoms with Crippen LogP contribution in [0.1, 0.15) is 67.8 Å². The van der Waals surface area contributed by atoms with Crippen LogP contribution in [0.3, 0.4) is 0 Å². The third-order valence-electron chi connectivity index (χ3n) is 20.7. The summed E-state index contributed by atoms with van der Waals surface area (Å²) in [5.41, 5.74) is 30.9. The van der Waals surface area contributed by atoms with E-state index in [1.807, 2.05) is 36.4 Å². The quantitative estimate of drug-likeness (QED) is 0.0590. The number of ether oxygens (including phenoxy) is 3. The molecule has 15 aromatic rings. The Hall–Kier alpha value is -14.2. The Morgan fingerprint density at radius 2 is 0.532 bits per heavy atom. The van der Waals surface area contributed by atoms with E-state index >= 15 is 0 Å². The molecule has 4 aliphatic rings. The summed E-state index contributed by atoms with van der Waals surface area (Å²) in [6.45, 7) is 3.01. The van der Waals surface area contributed by atoms with E-state index in [-0.39, 0.29) is 0 Å². The van der Waals surface area contributed by atoms with Gasteiger partial charge in [-0.25, -0.2) is 19.9 Å². The lowest BCUT2D eigenvalue weighted by atomic mass is 10.0. The molecule has 4 N–H and O–H groups in total. The number of nitrogens with one attached hydrogen (secondary N) is 4. The van der Waals surface area contributed by atoms with Crippen molar-refractivity contribution in [2.75, 3.05) is 40.1 Å². The normalized spacial score (nSPS) is 12.0. The van der Waals surface area contributed by atoms with Crippen LogP contribution in [0.4, 0.5) is 0 Å². The van der Waals surface area contributed by atoms with E-state index in [4.69, 9.17) is 34.1 Å². The average Bonchev–Trinajstić information content (AvgIpc) is 1.61. The molecule has 11 heterocycles. The highest BCUT2D eigenvalue weighted by Gasteiger charge is 2.22. The van der Waals surface area contributed by atoms with Crippen molar-refractivity contribution >= 4 is 115 Å². The Kier molecular flexibility index (Phi) is 18.1.